The van der Waals surface area contributed by atoms with Gasteiger partial charge in [-0.25, -0.2) is 0 Å². The van der Waals surface area contributed by atoms with E-state index in [2.05, 4.69) is 70.3 Å². The molecule has 2 saturated heterocycles. The highest BCUT2D eigenvalue weighted by atomic mass is 15.3. The van der Waals surface area contributed by atoms with Gasteiger partial charge in [0, 0.05) is 61.9 Å². The van der Waals surface area contributed by atoms with Crippen molar-refractivity contribution in [2.24, 2.45) is 5.92 Å². The first-order valence-electron chi connectivity index (χ1n) is 12.0. The van der Waals surface area contributed by atoms with E-state index < -0.39 is 0 Å². The summed E-state index contributed by atoms with van der Waals surface area (Å²) in [7, 11) is 0. The van der Waals surface area contributed by atoms with Crippen LogP contribution in [0.2, 0.25) is 0 Å². The second-order valence-corrected chi connectivity index (χ2v) is 9.41. The third-order valence-electron chi connectivity index (χ3n) is 7.20. The number of nitrogens with zero attached hydrogens (tertiary/aromatic N) is 3. The van der Waals surface area contributed by atoms with Crippen LogP contribution in [-0.2, 0) is 6.42 Å². The fourth-order valence-electron chi connectivity index (χ4n) is 5.06. The molecule has 162 valence electrons. The van der Waals surface area contributed by atoms with Gasteiger partial charge in [0.2, 0.25) is 0 Å². The molecular weight excluding hydrogens is 378 g/mol. The van der Waals surface area contributed by atoms with Gasteiger partial charge in [0.1, 0.15) is 0 Å². The Labute approximate surface area is 187 Å². The maximum atomic E-state index is 4.61. The number of hydrogen-bond acceptors (Lipinski definition) is 3. The Morgan fingerprint density at radius 1 is 0.871 bits per heavy atom. The first-order chi connectivity index (χ1) is 15.2. The molecular formula is C28H35N3. The molecule has 0 bridgehead atoms. The van der Waals surface area contributed by atoms with Crippen LogP contribution in [-0.4, -0.2) is 44.2 Å². The van der Waals surface area contributed by atoms with Crippen LogP contribution in [0.3, 0.4) is 0 Å². The van der Waals surface area contributed by atoms with Crippen molar-refractivity contribution < 1.29 is 0 Å². The van der Waals surface area contributed by atoms with Crippen LogP contribution in [0.25, 0.3) is 11.8 Å². The van der Waals surface area contributed by atoms with Gasteiger partial charge in [-0.15, -0.1) is 0 Å². The van der Waals surface area contributed by atoms with Crippen molar-refractivity contribution in [2.45, 2.75) is 32.1 Å². The van der Waals surface area contributed by atoms with Crippen molar-refractivity contribution >= 4 is 23.1 Å². The highest BCUT2D eigenvalue weighted by Crippen LogP contribution is 2.36. The maximum absolute atomic E-state index is 4.61. The predicted molar refractivity (Wildman–Crippen MR) is 134 cm³/mol. The van der Waals surface area contributed by atoms with Crippen LogP contribution in [0, 0.1) is 5.92 Å². The third kappa shape index (κ3) is 4.51. The molecule has 31 heavy (non-hydrogen) atoms. The number of piperazine rings is 1. The lowest BCUT2D eigenvalue weighted by molar-refractivity contribution is 0.368. The second kappa shape index (κ2) is 8.82. The minimum atomic E-state index is 0.912. The van der Waals surface area contributed by atoms with Crippen molar-refractivity contribution in [1.29, 1.82) is 0 Å². The van der Waals surface area contributed by atoms with E-state index in [-0.39, 0.29) is 0 Å². The fourth-order valence-corrected chi connectivity index (χ4v) is 5.06. The summed E-state index contributed by atoms with van der Waals surface area (Å²) in [5.74, 6) is 0.912. The summed E-state index contributed by atoms with van der Waals surface area (Å²) in [6.45, 7) is 14.9. The largest absolute Gasteiger partial charge is 0.371 e. The Bertz CT molecular complexity index is 927. The van der Waals surface area contributed by atoms with E-state index >= 15 is 0 Å². The smallest absolute Gasteiger partial charge is 0.0460 e. The molecule has 0 spiro atoms. The molecule has 2 aliphatic heterocycles. The summed E-state index contributed by atoms with van der Waals surface area (Å²) in [5.41, 5.74) is 7.94. The van der Waals surface area contributed by atoms with Crippen LogP contribution < -0.4 is 9.80 Å². The topological polar surface area (TPSA) is 9.72 Å². The first kappa shape index (κ1) is 20.2. The average Bonchev–Trinajstić information content (AvgIpc) is 3.47. The quantitative estimate of drug-likeness (QED) is 0.579. The molecule has 1 aliphatic carbocycles. The van der Waals surface area contributed by atoms with Crippen LogP contribution in [0.5, 0.6) is 0 Å². The molecule has 3 fully saturated rings. The van der Waals surface area contributed by atoms with Gasteiger partial charge in [-0.2, -0.15) is 0 Å². The molecule has 3 aliphatic rings. The predicted octanol–water partition coefficient (Wildman–Crippen LogP) is 5.68. The van der Waals surface area contributed by atoms with Crippen LogP contribution in [0.1, 0.15) is 42.4 Å². The Kier molecular flexibility index (Phi) is 5.76. The summed E-state index contributed by atoms with van der Waals surface area (Å²) in [4.78, 5) is 7.56. The highest BCUT2D eigenvalue weighted by Gasteiger charge is 2.25. The molecule has 0 unspecified atom stereocenters. The van der Waals surface area contributed by atoms with Crippen LogP contribution >= 0.6 is 0 Å². The number of rotatable bonds is 7. The van der Waals surface area contributed by atoms with Gasteiger partial charge in [-0.05, 0) is 73.4 Å². The monoisotopic (exact) mass is 413 g/mol. The van der Waals surface area contributed by atoms with Gasteiger partial charge in [0.25, 0.3) is 0 Å². The molecule has 0 atom stereocenters. The van der Waals surface area contributed by atoms with Gasteiger partial charge < -0.3 is 14.7 Å². The van der Waals surface area contributed by atoms with Gasteiger partial charge in [-0.3, -0.25) is 0 Å². The Morgan fingerprint density at radius 2 is 1.58 bits per heavy atom. The first-order valence-corrected chi connectivity index (χ1v) is 12.0. The molecule has 0 aromatic heterocycles. The van der Waals surface area contributed by atoms with E-state index in [1.54, 1.807) is 0 Å². The molecule has 3 nitrogen and oxygen atoms in total. The van der Waals surface area contributed by atoms with Crippen LogP contribution in [0.15, 0.2) is 55.6 Å². The van der Waals surface area contributed by atoms with E-state index in [0.717, 1.165) is 32.1 Å². The van der Waals surface area contributed by atoms with E-state index in [4.69, 9.17) is 0 Å². The Hall–Kier alpha value is -2.68. The second-order valence-electron chi connectivity index (χ2n) is 9.41. The van der Waals surface area contributed by atoms with Crippen molar-refractivity contribution in [3.63, 3.8) is 0 Å². The lowest BCUT2D eigenvalue weighted by Gasteiger charge is -2.39. The molecule has 0 radical (unpaired) electrons. The van der Waals surface area contributed by atoms with Crippen molar-refractivity contribution in [1.82, 2.24) is 4.90 Å². The summed E-state index contributed by atoms with van der Waals surface area (Å²) >= 11 is 0. The third-order valence-corrected chi connectivity index (χ3v) is 7.20. The van der Waals surface area contributed by atoms with Crippen molar-refractivity contribution in [3.8, 4) is 0 Å². The van der Waals surface area contributed by atoms with Gasteiger partial charge >= 0.3 is 0 Å². The zero-order valence-electron chi connectivity index (χ0n) is 18.7. The standard InChI is InChI=1S/C28H35N3/c1-3-23-8-11-26(12-9-23)30-18-16-29(17-19-30)22(2)27-21-25(20-24-6-7-24)10-13-28(27)31-14-4-5-15-31/h3,8-13,21,24H,1-2,4-7,14-20H2. The summed E-state index contributed by atoms with van der Waals surface area (Å²) in [5, 5.41) is 0. The zero-order chi connectivity index (χ0) is 21.2. The van der Waals surface area contributed by atoms with Crippen molar-refractivity contribution in [2.75, 3.05) is 49.1 Å². The zero-order valence-corrected chi connectivity index (χ0v) is 18.7. The van der Waals surface area contributed by atoms with Gasteiger partial charge in [-0.1, -0.05) is 37.4 Å². The average molecular weight is 414 g/mol. The summed E-state index contributed by atoms with van der Waals surface area (Å²) in [6.07, 6.45) is 8.55. The summed E-state index contributed by atoms with van der Waals surface area (Å²) < 4.78 is 0. The maximum Gasteiger partial charge on any atom is 0.0460 e. The summed E-state index contributed by atoms with van der Waals surface area (Å²) in [6, 6.07) is 15.9. The van der Waals surface area contributed by atoms with E-state index in [0.29, 0.717) is 0 Å². The SMILES string of the molecule is C=Cc1ccc(N2CCN(C(=C)c3cc(CC4CC4)ccc3N3CCCC3)CC2)cc1. The number of benzene rings is 2. The Morgan fingerprint density at radius 3 is 2.23 bits per heavy atom. The number of anilines is 2. The van der Waals surface area contributed by atoms with E-state index in [1.807, 2.05) is 6.08 Å². The normalized spacial score (nSPS) is 19.0. The Balaban J connectivity index is 1.31. The molecule has 2 aromatic rings. The molecule has 2 heterocycles. The van der Waals surface area contributed by atoms with Gasteiger partial charge in [0.15, 0.2) is 0 Å². The lowest BCUT2D eigenvalue weighted by atomic mass is 10.0. The van der Waals surface area contributed by atoms with Gasteiger partial charge in [0.05, 0.1) is 0 Å². The molecule has 0 amide bonds. The van der Waals surface area contributed by atoms with Crippen LogP contribution in [0.4, 0.5) is 11.4 Å². The number of hydrogen-bond donors (Lipinski definition) is 0. The molecule has 5 rings (SSSR count). The van der Waals surface area contributed by atoms with Crippen molar-refractivity contribution in [3.05, 3.63) is 72.3 Å². The molecule has 3 heteroatoms. The van der Waals surface area contributed by atoms with E-state index in [1.165, 1.54) is 79.0 Å². The lowest BCUT2D eigenvalue weighted by Crippen LogP contribution is -2.45. The molecule has 0 N–H and O–H groups in total. The molecule has 1 saturated carbocycles. The molecule has 2 aromatic carbocycles. The minimum Gasteiger partial charge on any atom is -0.371 e. The highest BCUT2D eigenvalue weighted by molar-refractivity contribution is 5.76. The van der Waals surface area contributed by atoms with E-state index in [9.17, 15) is 0 Å². The fraction of sp³-hybridized carbons (Fsp3) is 0.429. The minimum absolute atomic E-state index is 0.912.